The number of carbonyl (C=O) groups excluding carboxylic acids is 1. The maximum Gasteiger partial charge on any atom is 0.367 e. The van der Waals surface area contributed by atoms with Crippen molar-refractivity contribution in [3.63, 3.8) is 0 Å². The van der Waals surface area contributed by atoms with E-state index in [1.807, 2.05) is 6.08 Å². The van der Waals surface area contributed by atoms with Crippen LogP contribution in [0.5, 0.6) is 0 Å². The first-order chi connectivity index (χ1) is 8.79. The van der Waals surface area contributed by atoms with Crippen molar-refractivity contribution in [2.45, 2.75) is 47.0 Å². The maximum atomic E-state index is 13.6. The third-order valence-electron chi connectivity index (χ3n) is 3.75. The molecule has 3 heteroatoms. The second kappa shape index (κ2) is 6.18. The Hall–Kier alpha value is -1.38. The zero-order chi connectivity index (χ0) is 14.6. The quantitative estimate of drug-likeness (QED) is 0.427. The highest BCUT2D eigenvalue weighted by molar-refractivity contribution is 5.87. The van der Waals surface area contributed by atoms with Crippen LogP contribution < -0.4 is 0 Å². The topological polar surface area (TPSA) is 26.3 Å². The van der Waals surface area contributed by atoms with E-state index in [2.05, 4.69) is 25.5 Å². The fourth-order valence-corrected chi connectivity index (χ4v) is 2.54. The Kier molecular flexibility index (Phi) is 5.10. The lowest BCUT2D eigenvalue weighted by Gasteiger charge is -2.32. The monoisotopic (exact) mass is 266 g/mol. The van der Waals surface area contributed by atoms with Crippen molar-refractivity contribution in [3.05, 3.63) is 34.7 Å². The van der Waals surface area contributed by atoms with E-state index < -0.39 is 11.8 Å². The molecular formula is C16H23FO2. The van der Waals surface area contributed by atoms with Crippen LogP contribution in [0.25, 0.3) is 0 Å². The molecule has 0 amide bonds. The van der Waals surface area contributed by atoms with Crippen LogP contribution >= 0.6 is 0 Å². The van der Waals surface area contributed by atoms with E-state index in [0.717, 1.165) is 12.8 Å². The highest BCUT2D eigenvalue weighted by Crippen LogP contribution is 2.40. The first-order valence-electron chi connectivity index (χ1n) is 6.62. The second-order valence-corrected chi connectivity index (χ2v) is 5.75. The fraction of sp³-hybridized carbons (Fsp3) is 0.562. The van der Waals surface area contributed by atoms with E-state index in [-0.39, 0.29) is 5.41 Å². The van der Waals surface area contributed by atoms with E-state index in [1.165, 1.54) is 24.7 Å². The maximum absolute atomic E-state index is 13.6. The largest absolute Gasteiger partial charge is 0.464 e. The molecule has 0 saturated heterocycles. The summed E-state index contributed by atoms with van der Waals surface area (Å²) in [4.78, 5) is 11.1. The van der Waals surface area contributed by atoms with E-state index in [9.17, 15) is 9.18 Å². The summed E-state index contributed by atoms with van der Waals surface area (Å²) >= 11 is 0. The summed E-state index contributed by atoms with van der Waals surface area (Å²) in [5, 5.41) is 0. The highest BCUT2D eigenvalue weighted by Gasteiger charge is 2.26. The Balaban J connectivity index is 3.01. The molecule has 0 aromatic heterocycles. The van der Waals surface area contributed by atoms with Crippen molar-refractivity contribution in [2.24, 2.45) is 5.41 Å². The molecule has 0 aromatic carbocycles. The number of methoxy groups -OCH3 is 1. The van der Waals surface area contributed by atoms with Crippen LogP contribution in [0.4, 0.5) is 4.39 Å². The number of rotatable bonds is 3. The molecule has 1 aliphatic carbocycles. The summed E-state index contributed by atoms with van der Waals surface area (Å²) in [7, 11) is 1.18. The minimum atomic E-state index is -0.921. The van der Waals surface area contributed by atoms with Gasteiger partial charge in [-0.1, -0.05) is 31.6 Å². The van der Waals surface area contributed by atoms with Crippen molar-refractivity contribution in [2.75, 3.05) is 7.11 Å². The summed E-state index contributed by atoms with van der Waals surface area (Å²) in [6, 6.07) is 0. The van der Waals surface area contributed by atoms with Gasteiger partial charge in [0.25, 0.3) is 0 Å². The minimum Gasteiger partial charge on any atom is -0.464 e. The molecule has 0 radical (unpaired) electrons. The third-order valence-corrected chi connectivity index (χ3v) is 3.75. The standard InChI is InChI=1S/C16H23FO2/c1-11-7-6-10-16(3,4)13(11)9-8-12(2)14(17)15(18)19-5/h8-9H,6-7,10H2,1-5H3/b9-8+,14-12+. The van der Waals surface area contributed by atoms with Crippen LogP contribution in [-0.2, 0) is 9.53 Å². The molecule has 0 N–H and O–H groups in total. The van der Waals surface area contributed by atoms with E-state index in [0.29, 0.717) is 5.57 Å². The van der Waals surface area contributed by atoms with Gasteiger partial charge in [0, 0.05) is 0 Å². The predicted molar refractivity (Wildman–Crippen MR) is 75.3 cm³/mol. The van der Waals surface area contributed by atoms with Crippen LogP contribution in [0, 0.1) is 5.41 Å². The average molecular weight is 266 g/mol. The van der Waals surface area contributed by atoms with Crippen LogP contribution in [0.1, 0.15) is 47.0 Å². The number of allylic oxidation sites excluding steroid dienone is 5. The molecule has 0 unspecified atom stereocenters. The van der Waals surface area contributed by atoms with Gasteiger partial charge < -0.3 is 4.74 Å². The van der Waals surface area contributed by atoms with Crippen molar-refractivity contribution < 1.29 is 13.9 Å². The van der Waals surface area contributed by atoms with Gasteiger partial charge >= 0.3 is 5.97 Å². The molecule has 0 saturated carbocycles. The normalized spacial score (nSPS) is 20.5. The molecule has 19 heavy (non-hydrogen) atoms. The molecule has 0 aromatic rings. The Morgan fingerprint density at radius 3 is 2.58 bits per heavy atom. The first kappa shape index (κ1) is 15.7. The summed E-state index contributed by atoms with van der Waals surface area (Å²) in [5.41, 5.74) is 3.00. The number of carbonyl (C=O) groups is 1. The number of halogens is 1. The van der Waals surface area contributed by atoms with Gasteiger partial charge in [-0.2, -0.15) is 4.39 Å². The molecule has 0 aliphatic heterocycles. The van der Waals surface area contributed by atoms with Gasteiger partial charge in [-0.15, -0.1) is 0 Å². The van der Waals surface area contributed by atoms with Gasteiger partial charge in [-0.25, -0.2) is 4.79 Å². The van der Waals surface area contributed by atoms with E-state index in [4.69, 9.17) is 0 Å². The van der Waals surface area contributed by atoms with Crippen molar-refractivity contribution in [3.8, 4) is 0 Å². The summed E-state index contributed by atoms with van der Waals surface area (Å²) in [6.45, 7) is 8.10. The number of hydrogen-bond acceptors (Lipinski definition) is 2. The molecule has 0 spiro atoms. The first-order valence-corrected chi connectivity index (χ1v) is 6.62. The Morgan fingerprint density at radius 2 is 2.05 bits per heavy atom. The van der Waals surface area contributed by atoms with Gasteiger partial charge in [0.15, 0.2) is 0 Å². The number of hydrogen-bond donors (Lipinski definition) is 0. The zero-order valence-electron chi connectivity index (χ0n) is 12.5. The highest BCUT2D eigenvalue weighted by atomic mass is 19.1. The van der Waals surface area contributed by atoms with Gasteiger partial charge in [-0.3, -0.25) is 0 Å². The molecule has 1 aliphatic rings. The number of ether oxygens (including phenoxy) is 1. The van der Waals surface area contributed by atoms with Crippen molar-refractivity contribution in [1.82, 2.24) is 0 Å². The molecule has 0 heterocycles. The summed E-state index contributed by atoms with van der Waals surface area (Å²) in [6.07, 6.45) is 7.02. The Labute approximate surface area is 115 Å². The van der Waals surface area contributed by atoms with Gasteiger partial charge in [-0.05, 0) is 49.7 Å². The predicted octanol–water partition coefficient (Wildman–Crippen LogP) is 4.49. The number of esters is 1. The van der Waals surface area contributed by atoms with Gasteiger partial charge in [0.05, 0.1) is 7.11 Å². The molecule has 1 rings (SSSR count). The Bertz CT molecular complexity index is 453. The average Bonchev–Trinajstić information content (AvgIpc) is 2.35. The van der Waals surface area contributed by atoms with Crippen molar-refractivity contribution >= 4 is 5.97 Å². The fourth-order valence-electron chi connectivity index (χ4n) is 2.54. The molecular weight excluding hydrogens is 243 g/mol. The lowest BCUT2D eigenvalue weighted by atomic mass is 9.72. The molecule has 0 fully saturated rings. The molecule has 2 nitrogen and oxygen atoms in total. The SMILES string of the molecule is COC(=O)/C(F)=C(C)\C=C\C1=C(C)CCCC1(C)C. The summed E-state index contributed by atoms with van der Waals surface area (Å²) < 4.78 is 17.9. The lowest BCUT2D eigenvalue weighted by Crippen LogP contribution is -2.19. The van der Waals surface area contributed by atoms with Gasteiger partial charge in [0.1, 0.15) is 0 Å². The van der Waals surface area contributed by atoms with Crippen molar-refractivity contribution in [1.29, 1.82) is 0 Å². The Morgan fingerprint density at radius 1 is 1.42 bits per heavy atom. The van der Waals surface area contributed by atoms with Crippen LogP contribution in [0.2, 0.25) is 0 Å². The zero-order valence-corrected chi connectivity index (χ0v) is 12.5. The smallest absolute Gasteiger partial charge is 0.367 e. The van der Waals surface area contributed by atoms with Gasteiger partial charge in [0.2, 0.25) is 5.83 Å². The van der Waals surface area contributed by atoms with E-state index in [1.54, 1.807) is 13.0 Å². The molecule has 106 valence electrons. The second-order valence-electron chi connectivity index (χ2n) is 5.75. The van der Waals surface area contributed by atoms with Crippen LogP contribution in [0.3, 0.4) is 0 Å². The lowest BCUT2D eigenvalue weighted by molar-refractivity contribution is -0.137. The van der Waals surface area contributed by atoms with Crippen LogP contribution in [-0.4, -0.2) is 13.1 Å². The summed E-state index contributed by atoms with van der Waals surface area (Å²) in [5.74, 6) is -1.75. The molecule has 0 atom stereocenters. The third kappa shape index (κ3) is 3.79. The van der Waals surface area contributed by atoms with Crippen LogP contribution in [0.15, 0.2) is 34.7 Å². The minimum absolute atomic E-state index is 0.112. The van der Waals surface area contributed by atoms with E-state index >= 15 is 0 Å². The molecule has 0 bridgehead atoms.